The first kappa shape index (κ1) is 22.2. The summed E-state index contributed by atoms with van der Waals surface area (Å²) in [5.41, 5.74) is 5.46. The van der Waals surface area contributed by atoms with Gasteiger partial charge in [-0.15, -0.1) is 0 Å². The van der Waals surface area contributed by atoms with Crippen LogP contribution in [0, 0.1) is 11.8 Å². The lowest BCUT2D eigenvalue weighted by molar-refractivity contribution is 0.120. The molecule has 2 atom stereocenters. The molecule has 0 aromatic heterocycles. The van der Waals surface area contributed by atoms with E-state index in [1.807, 2.05) is 23.9 Å². The van der Waals surface area contributed by atoms with Crippen molar-refractivity contribution in [1.82, 2.24) is 19.6 Å². The van der Waals surface area contributed by atoms with Gasteiger partial charge in [-0.25, -0.2) is 9.59 Å². The molecule has 0 radical (unpaired) electrons. The average Bonchev–Trinajstić information content (AvgIpc) is 2.78. The molecule has 6 heteroatoms. The normalized spacial score (nSPS) is 22.6. The third-order valence-corrected chi connectivity index (χ3v) is 7.13. The van der Waals surface area contributed by atoms with Gasteiger partial charge in [-0.05, 0) is 34.1 Å². The van der Waals surface area contributed by atoms with Crippen molar-refractivity contribution in [2.75, 3.05) is 55.4 Å². The minimum absolute atomic E-state index is 0.00416. The molecule has 0 aliphatic heterocycles. The van der Waals surface area contributed by atoms with E-state index in [1.165, 1.54) is 22.3 Å². The Labute approximate surface area is 191 Å². The summed E-state index contributed by atoms with van der Waals surface area (Å²) in [7, 11) is 10.9. The molecule has 4 amide bonds. The molecule has 0 saturated carbocycles. The van der Waals surface area contributed by atoms with Crippen molar-refractivity contribution in [3.05, 3.63) is 70.8 Å². The summed E-state index contributed by atoms with van der Waals surface area (Å²) in [4.78, 5) is 32.4. The molecule has 0 heterocycles. The second-order valence-corrected chi connectivity index (χ2v) is 9.66. The molecule has 3 aliphatic rings. The van der Waals surface area contributed by atoms with Gasteiger partial charge in [-0.2, -0.15) is 0 Å². The Hall–Kier alpha value is -3.02. The van der Waals surface area contributed by atoms with Crippen molar-refractivity contribution < 1.29 is 9.59 Å². The van der Waals surface area contributed by atoms with E-state index in [2.05, 4.69) is 48.5 Å². The third-order valence-electron chi connectivity index (χ3n) is 7.13. The van der Waals surface area contributed by atoms with Gasteiger partial charge < -0.3 is 19.6 Å². The van der Waals surface area contributed by atoms with E-state index in [0.717, 1.165) is 0 Å². The number of nitrogens with zero attached hydrogens (tertiary/aromatic N) is 4. The number of hydrogen-bond acceptors (Lipinski definition) is 2. The number of benzene rings is 2. The SMILES string of the molecule is CN(C)C(=O)N(C)CC1C2c3ccccc3C(c3ccccc32)C1CN(C)C(=O)N(C)C. The number of urea groups is 2. The predicted molar refractivity (Wildman–Crippen MR) is 127 cm³/mol. The van der Waals surface area contributed by atoms with Gasteiger partial charge in [0.25, 0.3) is 0 Å². The Morgan fingerprint density at radius 2 is 0.875 bits per heavy atom. The zero-order valence-corrected chi connectivity index (χ0v) is 19.9. The molecular weight excluding hydrogens is 400 g/mol. The first-order valence-corrected chi connectivity index (χ1v) is 11.2. The molecule has 2 aromatic carbocycles. The summed E-state index contributed by atoms with van der Waals surface area (Å²) in [5, 5.41) is 0. The number of hydrogen-bond donors (Lipinski definition) is 0. The topological polar surface area (TPSA) is 47.1 Å². The Morgan fingerprint density at radius 1 is 0.594 bits per heavy atom. The van der Waals surface area contributed by atoms with Crippen LogP contribution in [0.15, 0.2) is 48.5 Å². The molecule has 170 valence electrons. The molecule has 2 bridgehead atoms. The van der Waals surface area contributed by atoms with Crippen LogP contribution in [0.1, 0.15) is 34.1 Å². The van der Waals surface area contributed by atoms with Gasteiger partial charge in [0, 0.05) is 67.2 Å². The van der Waals surface area contributed by atoms with Gasteiger partial charge in [0.1, 0.15) is 0 Å². The van der Waals surface area contributed by atoms with Gasteiger partial charge in [-0.3, -0.25) is 0 Å². The predicted octanol–water partition coefficient (Wildman–Crippen LogP) is 3.74. The van der Waals surface area contributed by atoms with Crippen molar-refractivity contribution in [3.63, 3.8) is 0 Å². The molecule has 0 spiro atoms. The lowest BCUT2D eigenvalue weighted by Gasteiger charge is -2.52. The maximum atomic E-state index is 12.7. The molecule has 3 aliphatic carbocycles. The molecule has 0 saturated heterocycles. The third kappa shape index (κ3) is 3.61. The number of fused-ring (bicyclic) bond motifs is 1. The minimum Gasteiger partial charge on any atom is -0.331 e. The highest BCUT2D eigenvalue weighted by molar-refractivity contribution is 5.74. The summed E-state index contributed by atoms with van der Waals surface area (Å²) in [6.45, 7) is 1.30. The van der Waals surface area contributed by atoms with Crippen molar-refractivity contribution >= 4 is 12.1 Å². The minimum atomic E-state index is 0.00416. The Kier molecular flexibility index (Phi) is 5.89. The van der Waals surface area contributed by atoms with Gasteiger partial charge in [0.15, 0.2) is 0 Å². The smallest absolute Gasteiger partial charge is 0.319 e. The van der Waals surface area contributed by atoms with E-state index in [0.29, 0.717) is 13.1 Å². The number of carbonyl (C=O) groups excluding carboxylic acids is 2. The van der Waals surface area contributed by atoms with Crippen molar-refractivity contribution in [2.45, 2.75) is 11.8 Å². The molecule has 0 N–H and O–H groups in total. The molecule has 32 heavy (non-hydrogen) atoms. The Balaban J connectivity index is 1.80. The van der Waals surface area contributed by atoms with E-state index in [-0.39, 0.29) is 35.7 Å². The number of carbonyl (C=O) groups is 2. The quantitative estimate of drug-likeness (QED) is 0.736. The van der Waals surface area contributed by atoms with Crippen LogP contribution in [0.3, 0.4) is 0 Å². The fourth-order valence-electron chi connectivity index (χ4n) is 5.86. The van der Waals surface area contributed by atoms with Crippen molar-refractivity contribution in [1.29, 1.82) is 0 Å². The zero-order chi connectivity index (χ0) is 23.2. The molecule has 2 aromatic rings. The summed E-state index contributed by atoms with van der Waals surface area (Å²) >= 11 is 0. The fraction of sp³-hybridized carbons (Fsp3) is 0.462. The molecule has 6 nitrogen and oxygen atoms in total. The van der Waals surface area contributed by atoms with E-state index in [1.54, 1.807) is 38.0 Å². The highest BCUT2D eigenvalue weighted by Crippen LogP contribution is 2.58. The lowest BCUT2D eigenvalue weighted by atomic mass is 9.54. The number of amides is 4. The fourth-order valence-corrected chi connectivity index (χ4v) is 5.86. The van der Waals surface area contributed by atoms with Gasteiger partial charge >= 0.3 is 12.1 Å². The second-order valence-electron chi connectivity index (χ2n) is 9.66. The first-order chi connectivity index (χ1) is 15.2. The van der Waals surface area contributed by atoms with Gasteiger partial charge in [0.05, 0.1) is 0 Å². The standard InChI is InChI=1S/C26H34N4O2/c1-27(2)25(31)29(5)15-21-22(16-30(6)26(32)28(3)4)24-19-13-9-7-11-17(19)23(21)18-12-8-10-14-20(18)24/h7-14,21-24H,15-16H2,1-6H3. The maximum absolute atomic E-state index is 12.7. The highest BCUT2D eigenvalue weighted by atomic mass is 16.2. The van der Waals surface area contributed by atoms with Gasteiger partial charge in [-0.1, -0.05) is 48.5 Å². The summed E-state index contributed by atoms with van der Waals surface area (Å²) in [5.74, 6) is 0.850. The number of rotatable bonds is 4. The molecule has 2 unspecified atom stereocenters. The van der Waals surface area contributed by atoms with E-state index in [4.69, 9.17) is 0 Å². The van der Waals surface area contributed by atoms with E-state index in [9.17, 15) is 9.59 Å². The van der Waals surface area contributed by atoms with Crippen LogP contribution in [0.5, 0.6) is 0 Å². The summed E-state index contributed by atoms with van der Waals surface area (Å²) < 4.78 is 0. The summed E-state index contributed by atoms with van der Waals surface area (Å²) in [6.07, 6.45) is 0. The molecule has 0 fully saturated rings. The van der Waals surface area contributed by atoms with Crippen LogP contribution < -0.4 is 0 Å². The van der Waals surface area contributed by atoms with Crippen molar-refractivity contribution in [2.24, 2.45) is 11.8 Å². The summed E-state index contributed by atoms with van der Waals surface area (Å²) in [6, 6.07) is 17.4. The Morgan fingerprint density at radius 3 is 1.12 bits per heavy atom. The zero-order valence-electron chi connectivity index (χ0n) is 19.9. The van der Waals surface area contributed by atoms with Crippen LogP contribution in [-0.2, 0) is 0 Å². The van der Waals surface area contributed by atoms with E-state index < -0.39 is 0 Å². The average molecular weight is 435 g/mol. The Bertz CT molecular complexity index is 891. The molecular formula is C26H34N4O2. The van der Waals surface area contributed by atoms with Crippen LogP contribution in [0.4, 0.5) is 9.59 Å². The molecule has 5 rings (SSSR count). The second kappa shape index (κ2) is 8.49. The van der Waals surface area contributed by atoms with Crippen LogP contribution in [0.2, 0.25) is 0 Å². The maximum Gasteiger partial charge on any atom is 0.319 e. The first-order valence-electron chi connectivity index (χ1n) is 11.2. The monoisotopic (exact) mass is 434 g/mol. The lowest BCUT2D eigenvalue weighted by Crippen LogP contribution is -2.51. The van der Waals surface area contributed by atoms with E-state index >= 15 is 0 Å². The van der Waals surface area contributed by atoms with Crippen molar-refractivity contribution in [3.8, 4) is 0 Å². The van der Waals surface area contributed by atoms with Crippen LogP contribution in [-0.4, -0.2) is 87.0 Å². The van der Waals surface area contributed by atoms with Crippen LogP contribution >= 0.6 is 0 Å². The van der Waals surface area contributed by atoms with Crippen LogP contribution in [0.25, 0.3) is 0 Å². The largest absolute Gasteiger partial charge is 0.331 e. The van der Waals surface area contributed by atoms with Gasteiger partial charge in [0.2, 0.25) is 0 Å². The highest BCUT2D eigenvalue weighted by Gasteiger charge is 2.50.